The second kappa shape index (κ2) is 10.3. The van der Waals surface area contributed by atoms with Crippen molar-refractivity contribution in [2.45, 2.75) is 20.8 Å². The molecule has 3 aromatic rings. The first-order chi connectivity index (χ1) is 16.5. The lowest BCUT2D eigenvalue weighted by molar-refractivity contribution is -0.120. The first-order valence-corrected chi connectivity index (χ1v) is 11.4. The Morgan fingerprint density at radius 3 is 2.24 bits per heavy atom. The van der Waals surface area contributed by atoms with Gasteiger partial charge in [0.05, 0.1) is 24.5 Å². The van der Waals surface area contributed by atoms with Gasteiger partial charge in [0.15, 0.2) is 0 Å². The van der Waals surface area contributed by atoms with E-state index in [1.165, 1.54) is 4.90 Å². The molecule has 3 aromatic carbocycles. The Morgan fingerprint density at radius 2 is 1.56 bits per heavy atom. The molecule has 6 heteroatoms. The highest BCUT2D eigenvalue weighted by molar-refractivity contribution is 6.46. The minimum Gasteiger partial charge on any atom is -0.494 e. The summed E-state index contributed by atoms with van der Waals surface area (Å²) in [5.74, 6) is 0.977. The summed E-state index contributed by atoms with van der Waals surface area (Å²) in [4.78, 5) is 28.3. The Bertz CT molecular complexity index is 1200. The molecule has 4 rings (SSSR count). The van der Waals surface area contributed by atoms with Crippen LogP contribution in [0.4, 0.5) is 11.4 Å². The molecule has 0 saturated carbocycles. The average molecular weight is 457 g/mol. The van der Waals surface area contributed by atoms with E-state index in [2.05, 4.69) is 19.2 Å². The standard InChI is InChI=1S/C28H28N2O4/c1-4-33-24-12-8-11-21(17-24)29-26-25(20-9-6-5-7-10-20)27(31)30(28(26)32)22-13-15-23(16-14-22)34-18-19(2)3/h5-17,19,29H,4,18H2,1-3H3. The van der Waals surface area contributed by atoms with E-state index in [0.29, 0.717) is 53.1 Å². The molecule has 0 bridgehead atoms. The maximum Gasteiger partial charge on any atom is 0.282 e. The number of hydrogen-bond donors (Lipinski definition) is 1. The molecule has 6 nitrogen and oxygen atoms in total. The van der Waals surface area contributed by atoms with Crippen LogP contribution in [0.25, 0.3) is 5.57 Å². The Balaban J connectivity index is 1.68. The summed E-state index contributed by atoms with van der Waals surface area (Å²) in [5, 5.41) is 3.18. The van der Waals surface area contributed by atoms with Gasteiger partial charge in [-0.25, -0.2) is 4.90 Å². The number of anilines is 2. The maximum absolute atomic E-state index is 13.5. The van der Waals surface area contributed by atoms with Gasteiger partial charge < -0.3 is 14.8 Å². The zero-order valence-corrected chi connectivity index (χ0v) is 19.6. The molecule has 0 spiro atoms. The van der Waals surface area contributed by atoms with Crippen LogP contribution in [0.15, 0.2) is 84.6 Å². The lowest BCUT2D eigenvalue weighted by Gasteiger charge is -2.16. The van der Waals surface area contributed by atoms with E-state index >= 15 is 0 Å². The second-order valence-electron chi connectivity index (χ2n) is 8.35. The zero-order chi connectivity index (χ0) is 24.1. The number of imide groups is 1. The Labute approximate surface area is 199 Å². The summed E-state index contributed by atoms with van der Waals surface area (Å²) >= 11 is 0. The molecule has 0 radical (unpaired) electrons. The molecular formula is C28H28N2O4. The molecule has 0 aliphatic carbocycles. The number of rotatable bonds is 9. The maximum atomic E-state index is 13.5. The number of nitrogens with zero attached hydrogens (tertiary/aromatic N) is 1. The van der Waals surface area contributed by atoms with Crippen LogP contribution in [-0.4, -0.2) is 25.0 Å². The summed E-state index contributed by atoms with van der Waals surface area (Å²) in [6.45, 7) is 7.18. The summed E-state index contributed by atoms with van der Waals surface area (Å²) in [5.41, 5.74) is 2.37. The average Bonchev–Trinajstić information content (AvgIpc) is 3.08. The fourth-order valence-corrected chi connectivity index (χ4v) is 3.68. The van der Waals surface area contributed by atoms with Gasteiger partial charge in [0, 0.05) is 11.8 Å². The number of carbonyl (C=O) groups is 2. The Morgan fingerprint density at radius 1 is 0.824 bits per heavy atom. The van der Waals surface area contributed by atoms with Crippen LogP contribution < -0.4 is 19.7 Å². The van der Waals surface area contributed by atoms with Gasteiger partial charge in [0.25, 0.3) is 11.8 Å². The smallest absolute Gasteiger partial charge is 0.282 e. The molecule has 34 heavy (non-hydrogen) atoms. The molecule has 1 N–H and O–H groups in total. The first kappa shape index (κ1) is 23.1. The number of ether oxygens (including phenoxy) is 2. The van der Waals surface area contributed by atoms with Crippen molar-refractivity contribution < 1.29 is 19.1 Å². The van der Waals surface area contributed by atoms with E-state index in [1.807, 2.05) is 55.5 Å². The van der Waals surface area contributed by atoms with Gasteiger partial charge in [-0.1, -0.05) is 50.2 Å². The molecule has 0 unspecified atom stereocenters. The third-order valence-electron chi connectivity index (χ3n) is 5.24. The van der Waals surface area contributed by atoms with Crippen molar-refractivity contribution in [3.05, 3.63) is 90.1 Å². The van der Waals surface area contributed by atoms with E-state index in [-0.39, 0.29) is 11.6 Å². The van der Waals surface area contributed by atoms with Gasteiger partial charge in [-0.2, -0.15) is 0 Å². The first-order valence-electron chi connectivity index (χ1n) is 11.4. The topological polar surface area (TPSA) is 67.9 Å². The fourth-order valence-electron chi connectivity index (χ4n) is 3.68. The van der Waals surface area contributed by atoms with Gasteiger partial charge >= 0.3 is 0 Å². The van der Waals surface area contributed by atoms with Crippen LogP contribution in [0.2, 0.25) is 0 Å². The minimum atomic E-state index is -0.415. The molecular weight excluding hydrogens is 428 g/mol. The van der Waals surface area contributed by atoms with E-state index in [0.717, 1.165) is 0 Å². The molecule has 1 aliphatic rings. The summed E-state index contributed by atoms with van der Waals surface area (Å²) in [7, 11) is 0. The van der Waals surface area contributed by atoms with Crippen molar-refractivity contribution in [3.8, 4) is 11.5 Å². The Kier molecular flexibility index (Phi) is 6.97. The highest BCUT2D eigenvalue weighted by Crippen LogP contribution is 2.34. The van der Waals surface area contributed by atoms with Crippen LogP contribution in [0.1, 0.15) is 26.3 Å². The van der Waals surface area contributed by atoms with Gasteiger partial charge in [0.2, 0.25) is 0 Å². The lowest BCUT2D eigenvalue weighted by Crippen LogP contribution is -2.32. The normalized spacial score (nSPS) is 13.6. The fraction of sp³-hybridized carbons (Fsp3) is 0.214. The largest absolute Gasteiger partial charge is 0.494 e. The highest BCUT2D eigenvalue weighted by Gasteiger charge is 2.40. The molecule has 0 saturated heterocycles. The number of hydrogen-bond acceptors (Lipinski definition) is 5. The summed E-state index contributed by atoms with van der Waals surface area (Å²) in [6.07, 6.45) is 0. The van der Waals surface area contributed by atoms with Gasteiger partial charge in [0.1, 0.15) is 17.2 Å². The van der Waals surface area contributed by atoms with Crippen LogP contribution in [0.5, 0.6) is 11.5 Å². The summed E-state index contributed by atoms with van der Waals surface area (Å²) < 4.78 is 11.3. The third kappa shape index (κ3) is 4.96. The zero-order valence-electron chi connectivity index (χ0n) is 19.6. The van der Waals surface area contributed by atoms with Crippen molar-refractivity contribution in [1.29, 1.82) is 0 Å². The molecule has 0 aromatic heterocycles. The van der Waals surface area contributed by atoms with Crippen LogP contribution in [0.3, 0.4) is 0 Å². The molecule has 1 aliphatic heterocycles. The highest BCUT2D eigenvalue weighted by atomic mass is 16.5. The Hall–Kier alpha value is -4.06. The molecule has 0 fully saturated rings. The monoisotopic (exact) mass is 456 g/mol. The lowest BCUT2D eigenvalue weighted by atomic mass is 10.0. The number of benzene rings is 3. The summed E-state index contributed by atoms with van der Waals surface area (Å²) in [6, 6.07) is 23.5. The number of carbonyl (C=O) groups excluding carboxylic acids is 2. The molecule has 2 amide bonds. The van der Waals surface area contributed by atoms with E-state index < -0.39 is 5.91 Å². The van der Waals surface area contributed by atoms with E-state index in [4.69, 9.17) is 9.47 Å². The van der Waals surface area contributed by atoms with Crippen LogP contribution >= 0.6 is 0 Å². The van der Waals surface area contributed by atoms with Crippen molar-refractivity contribution in [1.82, 2.24) is 0 Å². The van der Waals surface area contributed by atoms with Crippen molar-refractivity contribution in [2.24, 2.45) is 5.92 Å². The van der Waals surface area contributed by atoms with Crippen molar-refractivity contribution in [3.63, 3.8) is 0 Å². The van der Waals surface area contributed by atoms with Crippen molar-refractivity contribution in [2.75, 3.05) is 23.4 Å². The SMILES string of the molecule is CCOc1cccc(NC2=C(c3ccccc3)C(=O)N(c3ccc(OCC(C)C)cc3)C2=O)c1. The number of amides is 2. The molecule has 174 valence electrons. The van der Waals surface area contributed by atoms with E-state index in [9.17, 15) is 9.59 Å². The van der Waals surface area contributed by atoms with E-state index in [1.54, 1.807) is 30.3 Å². The van der Waals surface area contributed by atoms with Gasteiger partial charge in [-0.15, -0.1) is 0 Å². The van der Waals surface area contributed by atoms with Crippen LogP contribution in [-0.2, 0) is 9.59 Å². The van der Waals surface area contributed by atoms with Gasteiger partial charge in [-0.3, -0.25) is 9.59 Å². The predicted molar refractivity (Wildman–Crippen MR) is 134 cm³/mol. The quantitative estimate of drug-likeness (QED) is 0.430. The molecule has 1 heterocycles. The number of nitrogens with one attached hydrogen (secondary N) is 1. The predicted octanol–water partition coefficient (Wildman–Crippen LogP) is 5.52. The third-order valence-corrected chi connectivity index (χ3v) is 5.24. The van der Waals surface area contributed by atoms with Crippen LogP contribution in [0, 0.1) is 5.92 Å². The molecule has 0 atom stereocenters. The van der Waals surface area contributed by atoms with Gasteiger partial charge in [-0.05, 0) is 54.8 Å². The minimum absolute atomic E-state index is 0.227. The van der Waals surface area contributed by atoms with Crippen molar-refractivity contribution >= 4 is 28.8 Å². The second-order valence-corrected chi connectivity index (χ2v) is 8.35.